The number of benzene rings is 2. The van der Waals surface area contributed by atoms with Gasteiger partial charge in [-0.3, -0.25) is 9.52 Å². The fourth-order valence-electron chi connectivity index (χ4n) is 2.43. The first kappa shape index (κ1) is 22.6. The molecule has 0 radical (unpaired) electrons. The number of alkyl halides is 3. The molecular formula is C17H11F5N4O3S2. The molecule has 2 N–H and O–H groups in total. The first-order valence-corrected chi connectivity index (χ1v) is 10.5. The van der Waals surface area contributed by atoms with Gasteiger partial charge in [-0.15, -0.1) is 0 Å². The van der Waals surface area contributed by atoms with Crippen LogP contribution in [0, 0.1) is 11.6 Å². The van der Waals surface area contributed by atoms with Crippen LogP contribution >= 0.6 is 11.5 Å². The van der Waals surface area contributed by atoms with Crippen LogP contribution in [0.4, 0.5) is 27.1 Å². The molecule has 3 rings (SSSR count). The van der Waals surface area contributed by atoms with Crippen molar-refractivity contribution < 1.29 is 35.2 Å². The third-order valence-electron chi connectivity index (χ3n) is 3.86. The molecule has 0 atom stereocenters. The second-order valence-electron chi connectivity index (χ2n) is 5.99. The van der Waals surface area contributed by atoms with Crippen LogP contribution in [0.15, 0.2) is 47.6 Å². The Morgan fingerprint density at radius 3 is 2.39 bits per heavy atom. The lowest BCUT2D eigenvalue weighted by atomic mass is 10.1. The Balaban J connectivity index is 1.70. The van der Waals surface area contributed by atoms with Gasteiger partial charge in [0.25, 0.3) is 15.9 Å². The molecule has 0 unspecified atom stereocenters. The predicted octanol–water partition coefficient (Wildman–Crippen LogP) is 3.57. The summed E-state index contributed by atoms with van der Waals surface area (Å²) < 4.78 is 95.7. The zero-order valence-corrected chi connectivity index (χ0v) is 16.7. The van der Waals surface area contributed by atoms with Gasteiger partial charge in [-0.1, -0.05) is 6.07 Å². The third-order valence-corrected chi connectivity index (χ3v) is 5.94. The summed E-state index contributed by atoms with van der Waals surface area (Å²) >= 11 is 0.739. The molecule has 0 aliphatic rings. The van der Waals surface area contributed by atoms with E-state index in [2.05, 4.69) is 14.7 Å². The number of rotatable bonds is 6. The molecule has 0 bridgehead atoms. The smallest absolute Gasteiger partial charge is 0.348 e. The molecule has 14 heteroatoms. The van der Waals surface area contributed by atoms with E-state index in [-0.39, 0.29) is 22.8 Å². The number of nitrogens with zero attached hydrogens (tertiary/aromatic N) is 2. The van der Waals surface area contributed by atoms with Gasteiger partial charge >= 0.3 is 6.18 Å². The van der Waals surface area contributed by atoms with Crippen molar-refractivity contribution in [1.29, 1.82) is 0 Å². The maximum Gasteiger partial charge on any atom is 0.419 e. The third kappa shape index (κ3) is 5.32. The van der Waals surface area contributed by atoms with E-state index in [0.29, 0.717) is 18.2 Å². The summed E-state index contributed by atoms with van der Waals surface area (Å²) in [6.07, 6.45) is -3.74. The molecule has 2 aromatic carbocycles. The van der Waals surface area contributed by atoms with Gasteiger partial charge in [0.05, 0.1) is 5.56 Å². The molecule has 0 aliphatic heterocycles. The lowest BCUT2D eigenvalue weighted by molar-refractivity contribution is -0.140. The van der Waals surface area contributed by atoms with Crippen LogP contribution in [0.25, 0.3) is 0 Å². The van der Waals surface area contributed by atoms with Crippen molar-refractivity contribution in [2.75, 3.05) is 4.72 Å². The van der Waals surface area contributed by atoms with Crippen LogP contribution in [0.1, 0.15) is 21.5 Å². The van der Waals surface area contributed by atoms with Crippen molar-refractivity contribution in [2.24, 2.45) is 0 Å². The van der Waals surface area contributed by atoms with E-state index in [1.807, 2.05) is 4.72 Å². The van der Waals surface area contributed by atoms with E-state index < -0.39 is 44.2 Å². The van der Waals surface area contributed by atoms with Crippen molar-refractivity contribution in [2.45, 2.75) is 17.6 Å². The molecule has 1 heterocycles. The molecule has 0 saturated carbocycles. The summed E-state index contributed by atoms with van der Waals surface area (Å²) in [5.74, 6) is -3.56. The van der Waals surface area contributed by atoms with Crippen molar-refractivity contribution in [3.8, 4) is 0 Å². The zero-order valence-electron chi connectivity index (χ0n) is 15.1. The quantitative estimate of drug-likeness (QED) is 0.528. The monoisotopic (exact) mass is 478 g/mol. The van der Waals surface area contributed by atoms with Crippen LogP contribution in [0.3, 0.4) is 0 Å². The van der Waals surface area contributed by atoms with Crippen molar-refractivity contribution in [3.63, 3.8) is 0 Å². The number of nitrogens with one attached hydrogen (secondary N) is 2. The van der Waals surface area contributed by atoms with Crippen LogP contribution in [0.5, 0.6) is 0 Å². The number of carbonyl (C=O) groups is 1. The van der Waals surface area contributed by atoms with Crippen molar-refractivity contribution >= 4 is 32.6 Å². The van der Waals surface area contributed by atoms with Gasteiger partial charge in [0.15, 0.2) is 0 Å². The van der Waals surface area contributed by atoms with E-state index in [9.17, 15) is 35.2 Å². The summed E-state index contributed by atoms with van der Waals surface area (Å²) in [6, 6.07) is 4.74. The number of sulfonamides is 1. The van der Waals surface area contributed by atoms with Crippen LogP contribution in [-0.4, -0.2) is 23.7 Å². The predicted molar refractivity (Wildman–Crippen MR) is 99.7 cm³/mol. The van der Waals surface area contributed by atoms with Gasteiger partial charge in [-0.05, 0) is 35.9 Å². The number of halogens is 5. The van der Waals surface area contributed by atoms with Crippen molar-refractivity contribution in [1.82, 2.24) is 14.7 Å². The fourth-order valence-corrected chi connectivity index (χ4v) is 4.15. The number of aromatic nitrogens is 2. The van der Waals surface area contributed by atoms with Gasteiger partial charge in [0, 0.05) is 23.6 Å². The maximum atomic E-state index is 14.3. The fraction of sp³-hybridized carbons (Fsp3) is 0.118. The van der Waals surface area contributed by atoms with E-state index in [0.717, 1.165) is 36.1 Å². The number of hydrogen-bond acceptors (Lipinski definition) is 6. The van der Waals surface area contributed by atoms with Gasteiger partial charge in [0.2, 0.25) is 5.13 Å². The first-order valence-electron chi connectivity index (χ1n) is 8.20. The average molecular weight is 478 g/mol. The Morgan fingerprint density at radius 2 is 1.81 bits per heavy atom. The van der Waals surface area contributed by atoms with Gasteiger partial charge < -0.3 is 5.32 Å². The highest BCUT2D eigenvalue weighted by Crippen LogP contribution is 2.31. The summed E-state index contributed by atoms with van der Waals surface area (Å²) in [7, 11) is -4.31. The maximum absolute atomic E-state index is 14.3. The minimum atomic E-state index is -4.85. The Kier molecular flexibility index (Phi) is 6.22. The largest absolute Gasteiger partial charge is 0.419 e. The number of amides is 1. The topological polar surface area (TPSA) is 101 Å². The van der Waals surface area contributed by atoms with Gasteiger partial charge in [-0.25, -0.2) is 22.2 Å². The van der Waals surface area contributed by atoms with E-state index in [1.165, 1.54) is 0 Å². The Morgan fingerprint density at radius 1 is 1.06 bits per heavy atom. The normalized spacial score (nSPS) is 11.9. The molecular weight excluding hydrogens is 467 g/mol. The molecule has 1 aromatic heterocycles. The molecule has 164 valence electrons. The number of anilines is 1. The van der Waals surface area contributed by atoms with E-state index >= 15 is 0 Å². The summed E-state index contributed by atoms with van der Waals surface area (Å²) in [5, 5.41) is 2.21. The van der Waals surface area contributed by atoms with Crippen LogP contribution < -0.4 is 10.0 Å². The molecule has 31 heavy (non-hydrogen) atoms. The highest BCUT2D eigenvalue weighted by Gasteiger charge is 2.33. The zero-order chi connectivity index (χ0) is 22.8. The molecule has 0 saturated heterocycles. The van der Waals surface area contributed by atoms with E-state index in [1.54, 1.807) is 0 Å². The lowest BCUT2D eigenvalue weighted by Crippen LogP contribution is -2.23. The molecule has 0 aliphatic carbocycles. The van der Waals surface area contributed by atoms with Crippen LogP contribution in [0.2, 0.25) is 0 Å². The van der Waals surface area contributed by atoms with E-state index in [4.69, 9.17) is 0 Å². The summed E-state index contributed by atoms with van der Waals surface area (Å²) in [6.45, 7) is -0.339. The molecule has 1 amide bonds. The van der Waals surface area contributed by atoms with Gasteiger partial charge in [0.1, 0.15) is 22.9 Å². The molecule has 3 aromatic rings. The first-order chi connectivity index (χ1) is 14.5. The van der Waals surface area contributed by atoms with Crippen molar-refractivity contribution in [3.05, 3.63) is 71.1 Å². The highest BCUT2D eigenvalue weighted by molar-refractivity contribution is 7.93. The number of carbonyl (C=O) groups excluding carboxylic acids is 1. The minimum absolute atomic E-state index is 0.0415. The Hall–Kier alpha value is -3.13. The summed E-state index contributed by atoms with van der Waals surface area (Å²) in [5.41, 5.74) is -1.65. The number of hydrogen-bond donors (Lipinski definition) is 2. The SMILES string of the molecule is O=C(NCc1ccc(C(F)(F)F)c(F)c1)c1ccc(S(=O)(=O)Nc2ncns2)c(F)c1. The standard InChI is InChI=1S/C17H11F5N4O3S2/c18-12-5-9(1-3-11(12)17(20,21)22)7-23-15(27)10-2-4-14(13(19)6-10)31(28,29)26-16-24-8-25-30-16/h1-6,8H,7H2,(H,23,27)(H,24,25,26). The Labute approximate surface area is 176 Å². The summed E-state index contributed by atoms with van der Waals surface area (Å²) in [4.78, 5) is 15.1. The second kappa shape index (κ2) is 8.55. The molecule has 0 fully saturated rings. The minimum Gasteiger partial charge on any atom is -0.348 e. The second-order valence-corrected chi connectivity index (χ2v) is 8.42. The highest BCUT2D eigenvalue weighted by atomic mass is 32.2. The average Bonchev–Trinajstić information content (AvgIpc) is 3.17. The Bertz CT molecular complexity index is 1220. The van der Waals surface area contributed by atoms with Gasteiger partial charge in [-0.2, -0.15) is 17.5 Å². The van der Waals surface area contributed by atoms with Crippen LogP contribution in [-0.2, 0) is 22.7 Å². The molecule has 0 spiro atoms. The molecule has 7 nitrogen and oxygen atoms in total. The lowest BCUT2D eigenvalue weighted by Gasteiger charge is -2.11.